The maximum absolute atomic E-state index is 13.6. The summed E-state index contributed by atoms with van der Waals surface area (Å²) in [6.07, 6.45) is 1.09. The second kappa shape index (κ2) is 9.24. The molecule has 37 heavy (non-hydrogen) atoms. The van der Waals surface area contributed by atoms with E-state index in [2.05, 4.69) is 15.6 Å². The first-order valence-electron chi connectivity index (χ1n) is 12.7. The van der Waals surface area contributed by atoms with Gasteiger partial charge < -0.3 is 20.5 Å². The van der Waals surface area contributed by atoms with Crippen LogP contribution >= 0.6 is 0 Å². The first-order valence-corrected chi connectivity index (χ1v) is 12.7. The Kier molecular flexibility index (Phi) is 5.75. The van der Waals surface area contributed by atoms with Crippen molar-refractivity contribution in [3.05, 3.63) is 107 Å². The highest BCUT2D eigenvalue weighted by Gasteiger charge is 2.49. The average molecular weight is 493 g/mol. The molecule has 2 aliphatic rings. The van der Waals surface area contributed by atoms with Gasteiger partial charge in [0.05, 0.1) is 6.04 Å². The number of fused-ring (bicyclic) bond motifs is 7. The van der Waals surface area contributed by atoms with Crippen molar-refractivity contribution in [2.75, 3.05) is 6.54 Å². The molecule has 0 fully saturated rings. The summed E-state index contributed by atoms with van der Waals surface area (Å²) in [6.45, 7) is 2.15. The predicted molar refractivity (Wildman–Crippen MR) is 141 cm³/mol. The van der Waals surface area contributed by atoms with Gasteiger partial charge in [0, 0.05) is 35.1 Å². The third-order valence-electron chi connectivity index (χ3n) is 7.46. The van der Waals surface area contributed by atoms with Crippen molar-refractivity contribution in [1.29, 1.82) is 0 Å². The second-order valence-corrected chi connectivity index (χ2v) is 9.74. The standard InChI is InChI=1S/C30H28N4O3/c1-18(28(35)31-16-15-19-9-3-2-4-10-19)32-29(36)25-17-23-20-11-7-8-14-24(20)33-26(23)27-21-12-5-6-13-22(21)30(37)34(25)27/h2-14,18,25,27,33H,15-17H2,1H3,(H,31,35)(H,32,36)/t18-,25-,27?/m0/s1. The van der Waals surface area contributed by atoms with Gasteiger partial charge in [0.25, 0.3) is 5.91 Å². The normalized spacial score (nSPS) is 18.6. The van der Waals surface area contributed by atoms with Crippen LogP contribution in [0, 0.1) is 0 Å². The largest absolute Gasteiger partial charge is 0.356 e. The van der Waals surface area contributed by atoms with E-state index in [9.17, 15) is 14.4 Å². The number of aromatic nitrogens is 1. The summed E-state index contributed by atoms with van der Waals surface area (Å²) < 4.78 is 0. The lowest BCUT2D eigenvalue weighted by molar-refractivity contribution is -0.131. The molecule has 3 heterocycles. The molecule has 1 unspecified atom stereocenters. The van der Waals surface area contributed by atoms with Crippen molar-refractivity contribution < 1.29 is 14.4 Å². The van der Waals surface area contributed by atoms with Crippen LogP contribution in [0.1, 0.15) is 45.7 Å². The van der Waals surface area contributed by atoms with Gasteiger partial charge in [-0.15, -0.1) is 0 Å². The summed E-state index contributed by atoms with van der Waals surface area (Å²) in [5.41, 5.74) is 5.62. The highest BCUT2D eigenvalue weighted by atomic mass is 16.2. The number of carbonyl (C=O) groups is 3. The third-order valence-corrected chi connectivity index (χ3v) is 7.46. The summed E-state index contributed by atoms with van der Waals surface area (Å²) in [7, 11) is 0. The van der Waals surface area contributed by atoms with E-state index in [4.69, 9.17) is 0 Å². The monoisotopic (exact) mass is 492 g/mol. The summed E-state index contributed by atoms with van der Waals surface area (Å²) in [5, 5.41) is 6.83. The van der Waals surface area contributed by atoms with Crippen LogP contribution in [0.3, 0.4) is 0 Å². The first-order chi connectivity index (χ1) is 18.0. The van der Waals surface area contributed by atoms with Crippen LogP contribution in [0.15, 0.2) is 78.9 Å². The lowest BCUT2D eigenvalue weighted by Crippen LogP contribution is -2.56. The molecule has 3 N–H and O–H groups in total. The van der Waals surface area contributed by atoms with Crippen molar-refractivity contribution in [3.8, 4) is 0 Å². The van der Waals surface area contributed by atoms with E-state index in [0.717, 1.165) is 33.3 Å². The molecule has 0 radical (unpaired) electrons. The van der Waals surface area contributed by atoms with Crippen LogP contribution in [0.5, 0.6) is 0 Å². The maximum atomic E-state index is 13.6. The fraction of sp³-hybridized carbons (Fsp3) is 0.233. The molecular weight excluding hydrogens is 464 g/mol. The molecule has 186 valence electrons. The molecule has 7 heteroatoms. The maximum Gasteiger partial charge on any atom is 0.255 e. The van der Waals surface area contributed by atoms with Gasteiger partial charge in [-0.3, -0.25) is 14.4 Å². The van der Waals surface area contributed by atoms with E-state index in [-0.39, 0.29) is 23.8 Å². The minimum Gasteiger partial charge on any atom is -0.356 e. The van der Waals surface area contributed by atoms with Crippen LogP contribution in [0.4, 0.5) is 0 Å². The number of aromatic amines is 1. The van der Waals surface area contributed by atoms with Crippen LogP contribution in [0.2, 0.25) is 0 Å². The van der Waals surface area contributed by atoms with Gasteiger partial charge in [-0.05, 0) is 42.2 Å². The number of para-hydroxylation sites is 1. The number of benzene rings is 3. The van der Waals surface area contributed by atoms with Gasteiger partial charge in [0.1, 0.15) is 12.1 Å². The summed E-state index contributed by atoms with van der Waals surface area (Å²) in [4.78, 5) is 45.1. The molecule has 0 spiro atoms. The zero-order chi connectivity index (χ0) is 25.5. The Hall–Kier alpha value is -4.39. The number of nitrogens with zero attached hydrogens (tertiary/aromatic N) is 1. The number of amides is 3. The number of hydrogen-bond acceptors (Lipinski definition) is 3. The number of hydrogen-bond donors (Lipinski definition) is 3. The SMILES string of the molecule is C[C@H](NC(=O)[C@@H]1Cc2c([nH]c3ccccc23)C2c3ccccc3C(=O)N21)C(=O)NCCc1ccccc1. The van der Waals surface area contributed by atoms with Crippen LogP contribution < -0.4 is 10.6 Å². The van der Waals surface area contributed by atoms with Gasteiger partial charge in [-0.2, -0.15) is 0 Å². The lowest BCUT2D eigenvalue weighted by atomic mass is 9.90. The van der Waals surface area contributed by atoms with Gasteiger partial charge in [0.15, 0.2) is 0 Å². The molecule has 3 aromatic carbocycles. The molecule has 0 saturated heterocycles. The van der Waals surface area contributed by atoms with E-state index in [1.165, 1.54) is 0 Å². The van der Waals surface area contributed by atoms with Crippen molar-refractivity contribution in [3.63, 3.8) is 0 Å². The Balaban J connectivity index is 1.24. The van der Waals surface area contributed by atoms with Crippen molar-refractivity contribution in [1.82, 2.24) is 20.5 Å². The minimum absolute atomic E-state index is 0.162. The van der Waals surface area contributed by atoms with E-state index in [1.54, 1.807) is 11.8 Å². The number of H-pyrrole nitrogens is 1. The number of carbonyl (C=O) groups excluding carboxylic acids is 3. The summed E-state index contributed by atoms with van der Waals surface area (Å²) in [6, 6.07) is 23.6. The highest BCUT2D eigenvalue weighted by Crippen LogP contribution is 2.46. The minimum atomic E-state index is -0.730. The molecule has 2 aliphatic heterocycles. The molecule has 3 amide bonds. The lowest BCUT2D eigenvalue weighted by Gasteiger charge is -2.37. The fourth-order valence-corrected chi connectivity index (χ4v) is 5.64. The number of rotatable bonds is 6. The van der Waals surface area contributed by atoms with Gasteiger partial charge >= 0.3 is 0 Å². The van der Waals surface area contributed by atoms with Crippen molar-refractivity contribution in [2.24, 2.45) is 0 Å². The van der Waals surface area contributed by atoms with Crippen LogP contribution in [-0.4, -0.2) is 46.2 Å². The van der Waals surface area contributed by atoms with Crippen molar-refractivity contribution >= 4 is 28.6 Å². The Bertz CT molecular complexity index is 1510. The van der Waals surface area contributed by atoms with Gasteiger partial charge in [0.2, 0.25) is 11.8 Å². The zero-order valence-electron chi connectivity index (χ0n) is 20.5. The Morgan fingerprint density at radius 2 is 1.73 bits per heavy atom. The van der Waals surface area contributed by atoms with Crippen molar-refractivity contribution in [2.45, 2.75) is 37.9 Å². The quantitative estimate of drug-likeness (QED) is 0.385. The molecule has 6 rings (SSSR count). The average Bonchev–Trinajstić information content (AvgIpc) is 3.44. The summed E-state index contributed by atoms with van der Waals surface area (Å²) >= 11 is 0. The first kappa shape index (κ1) is 23.0. The predicted octanol–water partition coefficient (Wildman–Crippen LogP) is 3.50. The highest BCUT2D eigenvalue weighted by molar-refractivity contribution is 6.04. The van der Waals surface area contributed by atoms with E-state index in [0.29, 0.717) is 24.9 Å². The second-order valence-electron chi connectivity index (χ2n) is 9.74. The Morgan fingerprint density at radius 1 is 1.00 bits per heavy atom. The van der Waals surface area contributed by atoms with Gasteiger partial charge in [-0.25, -0.2) is 0 Å². The van der Waals surface area contributed by atoms with E-state index < -0.39 is 12.1 Å². The molecule has 4 aromatic rings. The van der Waals surface area contributed by atoms with E-state index in [1.807, 2.05) is 78.9 Å². The molecular formula is C30H28N4O3. The van der Waals surface area contributed by atoms with Crippen LogP contribution in [-0.2, 0) is 22.4 Å². The zero-order valence-corrected chi connectivity index (χ0v) is 20.5. The molecule has 7 nitrogen and oxygen atoms in total. The summed E-state index contributed by atoms with van der Waals surface area (Å²) in [5.74, 6) is -0.738. The van der Waals surface area contributed by atoms with Gasteiger partial charge in [-0.1, -0.05) is 66.7 Å². The Labute approximate surface area is 214 Å². The van der Waals surface area contributed by atoms with Crippen LogP contribution in [0.25, 0.3) is 10.9 Å². The molecule has 1 aromatic heterocycles. The molecule has 0 aliphatic carbocycles. The molecule has 0 bridgehead atoms. The molecule has 0 saturated carbocycles. The fourth-order valence-electron chi connectivity index (χ4n) is 5.64. The molecule has 3 atom stereocenters. The smallest absolute Gasteiger partial charge is 0.255 e. The Morgan fingerprint density at radius 3 is 2.57 bits per heavy atom. The van der Waals surface area contributed by atoms with E-state index >= 15 is 0 Å². The topological polar surface area (TPSA) is 94.3 Å². The third kappa shape index (κ3) is 3.96. The number of nitrogens with one attached hydrogen (secondary N) is 3.